The maximum atomic E-state index is 12.8. The van der Waals surface area contributed by atoms with Crippen LogP contribution in [0.4, 0.5) is 5.69 Å². The van der Waals surface area contributed by atoms with E-state index in [9.17, 15) is 4.79 Å². The highest BCUT2D eigenvalue weighted by Crippen LogP contribution is 2.24. The van der Waals surface area contributed by atoms with Gasteiger partial charge < -0.3 is 9.64 Å². The number of pyridine rings is 1. The van der Waals surface area contributed by atoms with Gasteiger partial charge >= 0.3 is 0 Å². The number of anilines is 1. The van der Waals surface area contributed by atoms with Crippen LogP contribution in [0.2, 0.25) is 0 Å². The third-order valence-electron chi connectivity index (χ3n) is 3.12. The summed E-state index contributed by atoms with van der Waals surface area (Å²) in [6.07, 6.45) is 1.61. The number of nitrogens with zero attached hydrogens (tertiary/aromatic N) is 2. The molecule has 0 N–H and O–H groups in total. The summed E-state index contributed by atoms with van der Waals surface area (Å²) in [6.45, 7) is 4.51. The van der Waals surface area contributed by atoms with E-state index in [4.69, 9.17) is 4.74 Å². The number of aryl methyl sites for hydroxylation is 1. The van der Waals surface area contributed by atoms with Crippen LogP contribution >= 0.6 is 15.9 Å². The largest absolute Gasteiger partial charge is 0.480 e. The number of rotatable bonds is 4. The molecule has 4 nitrogen and oxygen atoms in total. The zero-order valence-electron chi connectivity index (χ0n) is 12.3. The van der Waals surface area contributed by atoms with E-state index in [0.29, 0.717) is 18.0 Å². The van der Waals surface area contributed by atoms with Crippen molar-refractivity contribution in [1.82, 2.24) is 4.98 Å². The zero-order chi connectivity index (χ0) is 15.4. The van der Waals surface area contributed by atoms with E-state index in [0.717, 1.165) is 15.7 Å². The second-order valence-corrected chi connectivity index (χ2v) is 5.51. The summed E-state index contributed by atoms with van der Waals surface area (Å²) in [5, 5.41) is 0. The minimum Gasteiger partial charge on any atom is -0.480 e. The molecule has 1 aromatic carbocycles. The number of ether oxygens (including phenoxy) is 1. The van der Waals surface area contributed by atoms with Gasteiger partial charge in [0, 0.05) is 22.9 Å². The highest BCUT2D eigenvalue weighted by atomic mass is 79.9. The van der Waals surface area contributed by atoms with Gasteiger partial charge in [0.05, 0.1) is 7.11 Å². The number of hydrogen-bond acceptors (Lipinski definition) is 3. The van der Waals surface area contributed by atoms with Gasteiger partial charge in [0.1, 0.15) is 5.56 Å². The predicted molar refractivity (Wildman–Crippen MR) is 87.0 cm³/mol. The summed E-state index contributed by atoms with van der Waals surface area (Å²) in [5.41, 5.74) is 2.41. The number of halogens is 1. The molecule has 2 aromatic rings. The third-order valence-corrected chi connectivity index (χ3v) is 3.55. The Kier molecular flexibility index (Phi) is 4.96. The number of aromatic nitrogens is 1. The first-order valence-corrected chi connectivity index (χ1v) is 7.44. The Morgan fingerprint density at radius 2 is 2.14 bits per heavy atom. The summed E-state index contributed by atoms with van der Waals surface area (Å²) < 4.78 is 5.94. The molecule has 0 saturated heterocycles. The molecule has 1 aromatic heterocycles. The first-order valence-electron chi connectivity index (χ1n) is 6.65. The van der Waals surface area contributed by atoms with Crippen molar-refractivity contribution in [2.45, 2.75) is 13.8 Å². The Hall–Kier alpha value is -1.88. The monoisotopic (exact) mass is 348 g/mol. The number of carbonyl (C=O) groups is 1. The summed E-state index contributed by atoms with van der Waals surface area (Å²) in [4.78, 5) is 18.6. The van der Waals surface area contributed by atoms with E-state index in [2.05, 4.69) is 20.9 Å². The predicted octanol–water partition coefficient (Wildman–Crippen LogP) is 3.83. The SMILES string of the molecule is CCN(C(=O)c1cc(Br)cnc1OC)c1cccc(C)c1. The Morgan fingerprint density at radius 3 is 2.76 bits per heavy atom. The van der Waals surface area contributed by atoms with E-state index < -0.39 is 0 Å². The molecule has 0 aliphatic heterocycles. The lowest BCUT2D eigenvalue weighted by Gasteiger charge is -2.22. The maximum Gasteiger partial charge on any atom is 0.263 e. The smallest absolute Gasteiger partial charge is 0.263 e. The molecule has 21 heavy (non-hydrogen) atoms. The number of benzene rings is 1. The zero-order valence-corrected chi connectivity index (χ0v) is 13.8. The van der Waals surface area contributed by atoms with Crippen molar-refractivity contribution in [3.05, 3.63) is 52.1 Å². The van der Waals surface area contributed by atoms with Gasteiger partial charge in [-0.1, -0.05) is 12.1 Å². The Labute approximate surface area is 132 Å². The van der Waals surface area contributed by atoms with Crippen LogP contribution in [-0.2, 0) is 0 Å². The van der Waals surface area contributed by atoms with Crippen molar-refractivity contribution in [3.8, 4) is 5.88 Å². The third kappa shape index (κ3) is 3.42. The van der Waals surface area contributed by atoms with Crippen LogP contribution in [0, 0.1) is 6.92 Å². The quantitative estimate of drug-likeness (QED) is 0.843. The van der Waals surface area contributed by atoms with E-state index in [1.807, 2.05) is 38.1 Å². The topological polar surface area (TPSA) is 42.4 Å². The van der Waals surface area contributed by atoms with Crippen molar-refractivity contribution in [2.24, 2.45) is 0 Å². The van der Waals surface area contributed by atoms with E-state index in [1.54, 1.807) is 17.2 Å². The summed E-state index contributed by atoms with van der Waals surface area (Å²) in [6, 6.07) is 9.58. The molecular weight excluding hydrogens is 332 g/mol. The van der Waals surface area contributed by atoms with Crippen LogP contribution in [0.25, 0.3) is 0 Å². The molecule has 0 fully saturated rings. The molecule has 0 saturated carbocycles. The van der Waals surface area contributed by atoms with Gasteiger partial charge in [-0.3, -0.25) is 4.79 Å². The second-order valence-electron chi connectivity index (χ2n) is 4.60. The summed E-state index contributed by atoms with van der Waals surface area (Å²) in [5.74, 6) is 0.197. The Balaban J connectivity index is 2.43. The lowest BCUT2D eigenvalue weighted by Crippen LogP contribution is -2.31. The van der Waals surface area contributed by atoms with Crippen molar-refractivity contribution in [2.75, 3.05) is 18.6 Å². The molecule has 5 heteroatoms. The molecule has 0 aliphatic rings. The lowest BCUT2D eigenvalue weighted by atomic mass is 10.1. The summed E-state index contributed by atoms with van der Waals surface area (Å²) in [7, 11) is 1.51. The number of methoxy groups -OCH3 is 1. The van der Waals surface area contributed by atoms with Gasteiger partial charge in [-0.05, 0) is 53.5 Å². The number of carbonyl (C=O) groups excluding carboxylic acids is 1. The van der Waals surface area contributed by atoms with Crippen LogP contribution in [0.3, 0.4) is 0 Å². The molecule has 0 bridgehead atoms. The average Bonchev–Trinajstić information content (AvgIpc) is 2.48. The van der Waals surface area contributed by atoms with Crippen molar-refractivity contribution < 1.29 is 9.53 Å². The van der Waals surface area contributed by atoms with Gasteiger partial charge in [-0.25, -0.2) is 4.98 Å². The van der Waals surface area contributed by atoms with Crippen LogP contribution in [0.5, 0.6) is 5.88 Å². The molecule has 0 unspecified atom stereocenters. The maximum absolute atomic E-state index is 12.8. The number of amides is 1. The van der Waals surface area contributed by atoms with Crippen molar-refractivity contribution in [1.29, 1.82) is 0 Å². The standard InChI is InChI=1S/C16H17BrN2O2/c1-4-19(13-7-5-6-11(2)8-13)16(20)14-9-12(17)10-18-15(14)21-3/h5-10H,4H2,1-3H3. The highest BCUT2D eigenvalue weighted by Gasteiger charge is 2.21. The van der Waals surface area contributed by atoms with E-state index in [-0.39, 0.29) is 5.91 Å². The van der Waals surface area contributed by atoms with Crippen LogP contribution in [0.15, 0.2) is 41.0 Å². The lowest BCUT2D eigenvalue weighted by molar-refractivity contribution is 0.0984. The molecule has 0 atom stereocenters. The average molecular weight is 349 g/mol. The molecule has 2 rings (SSSR count). The fourth-order valence-electron chi connectivity index (χ4n) is 2.13. The van der Waals surface area contributed by atoms with E-state index >= 15 is 0 Å². The molecule has 1 heterocycles. The fraction of sp³-hybridized carbons (Fsp3) is 0.250. The summed E-state index contributed by atoms with van der Waals surface area (Å²) >= 11 is 3.34. The van der Waals surface area contributed by atoms with E-state index in [1.165, 1.54) is 7.11 Å². The van der Waals surface area contributed by atoms with Crippen molar-refractivity contribution in [3.63, 3.8) is 0 Å². The normalized spacial score (nSPS) is 10.3. The Bertz CT molecular complexity index is 658. The fourth-order valence-corrected chi connectivity index (χ4v) is 2.46. The van der Waals surface area contributed by atoms with Gasteiger partial charge in [0.2, 0.25) is 5.88 Å². The van der Waals surface area contributed by atoms with Crippen LogP contribution in [0.1, 0.15) is 22.8 Å². The van der Waals surface area contributed by atoms with Gasteiger partial charge in [-0.2, -0.15) is 0 Å². The van der Waals surface area contributed by atoms with Crippen molar-refractivity contribution >= 4 is 27.5 Å². The molecule has 1 amide bonds. The molecular formula is C16H17BrN2O2. The molecule has 0 radical (unpaired) electrons. The van der Waals surface area contributed by atoms with Gasteiger partial charge in [-0.15, -0.1) is 0 Å². The molecule has 110 valence electrons. The van der Waals surface area contributed by atoms with Crippen LogP contribution < -0.4 is 9.64 Å². The van der Waals surface area contributed by atoms with Gasteiger partial charge in [0.25, 0.3) is 5.91 Å². The second kappa shape index (κ2) is 6.72. The molecule has 0 spiro atoms. The first kappa shape index (κ1) is 15.5. The van der Waals surface area contributed by atoms with Gasteiger partial charge in [0.15, 0.2) is 0 Å². The molecule has 0 aliphatic carbocycles. The highest BCUT2D eigenvalue weighted by molar-refractivity contribution is 9.10. The Morgan fingerprint density at radius 1 is 1.38 bits per heavy atom. The first-order chi connectivity index (χ1) is 10.1. The van der Waals surface area contributed by atoms with Crippen LogP contribution in [-0.4, -0.2) is 24.5 Å². The minimum absolute atomic E-state index is 0.131. The number of hydrogen-bond donors (Lipinski definition) is 0. The minimum atomic E-state index is -0.131.